The van der Waals surface area contributed by atoms with Crippen molar-refractivity contribution in [3.8, 4) is 0 Å². The van der Waals surface area contributed by atoms with Crippen molar-refractivity contribution in [3.63, 3.8) is 0 Å². The van der Waals surface area contributed by atoms with Crippen LogP contribution in [0.1, 0.15) is 28.0 Å². The summed E-state index contributed by atoms with van der Waals surface area (Å²) in [6.45, 7) is 4.27. The number of aromatic amines is 2. The van der Waals surface area contributed by atoms with Crippen LogP contribution in [0.3, 0.4) is 0 Å². The van der Waals surface area contributed by atoms with E-state index < -0.39 is 11.7 Å². The molecule has 0 amide bonds. The van der Waals surface area contributed by atoms with Crippen LogP contribution in [0.15, 0.2) is 52.1 Å². The van der Waals surface area contributed by atoms with Gasteiger partial charge in [-0.3, -0.25) is 9.36 Å². The Kier molecular flexibility index (Phi) is 4.80. The number of nitrogens with one attached hydrogen (secondary N) is 2. The number of carbonyl (C=O) groups excluding carboxylic acids is 1. The number of aryl methyl sites for hydroxylation is 2. The van der Waals surface area contributed by atoms with Crippen LogP contribution in [0.4, 0.5) is 0 Å². The highest BCUT2D eigenvalue weighted by molar-refractivity contribution is 5.96. The lowest BCUT2D eigenvalue weighted by Crippen LogP contribution is -2.35. The van der Waals surface area contributed by atoms with Crippen molar-refractivity contribution in [2.75, 3.05) is 6.61 Å². The van der Waals surface area contributed by atoms with E-state index >= 15 is 0 Å². The molecule has 2 aromatic carbocycles. The molecule has 2 aromatic heterocycles. The normalized spacial score (nSPS) is 11.2. The number of benzene rings is 2. The fourth-order valence-electron chi connectivity index (χ4n) is 3.46. The van der Waals surface area contributed by atoms with Gasteiger partial charge in [-0.25, -0.2) is 9.59 Å². The van der Waals surface area contributed by atoms with E-state index in [4.69, 9.17) is 4.74 Å². The average Bonchev–Trinajstić information content (AvgIpc) is 3.00. The summed E-state index contributed by atoms with van der Waals surface area (Å²) in [7, 11) is 0. The van der Waals surface area contributed by atoms with Gasteiger partial charge in [0.05, 0.1) is 23.1 Å². The van der Waals surface area contributed by atoms with Crippen molar-refractivity contribution in [1.29, 1.82) is 0 Å². The lowest BCUT2D eigenvalue weighted by atomic mass is 10.1. The number of nitrogens with zero attached hydrogens (tertiary/aromatic N) is 1. The summed E-state index contributed by atoms with van der Waals surface area (Å²) in [5, 5.41) is 1.45. The second kappa shape index (κ2) is 7.43. The van der Waals surface area contributed by atoms with Crippen LogP contribution in [0.25, 0.3) is 21.8 Å². The predicted molar refractivity (Wildman–Crippen MR) is 112 cm³/mol. The highest BCUT2D eigenvalue weighted by atomic mass is 16.5. The smallest absolute Gasteiger partial charge is 0.338 e. The van der Waals surface area contributed by atoms with Gasteiger partial charge in [-0.2, -0.15) is 0 Å². The zero-order valence-corrected chi connectivity index (χ0v) is 16.2. The lowest BCUT2D eigenvalue weighted by Gasteiger charge is -2.08. The first-order valence-corrected chi connectivity index (χ1v) is 9.43. The van der Waals surface area contributed by atoms with Crippen LogP contribution in [0.5, 0.6) is 0 Å². The van der Waals surface area contributed by atoms with Gasteiger partial charge in [0.1, 0.15) is 0 Å². The number of hydrogen-bond acceptors (Lipinski definition) is 4. The second-order valence-corrected chi connectivity index (χ2v) is 7.06. The Labute approximate surface area is 165 Å². The van der Waals surface area contributed by atoms with Crippen molar-refractivity contribution >= 4 is 27.8 Å². The van der Waals surface area contributed by atoms with E-state index in [0.717, 1.165) is 26.7 Å². The molecule has 2 heterocycles. The van der Waals surface area contributed by atoms with Gasteiger partial charge in [0.2, 0.25) is 0 Å². The standard InChI is InChI=1S/C22H21N3O4/c1-13-14(2)23-19-9-8-15(12-17(13)19)21(27)29-11-5-10-25-20(26)16-6-3-4-7-18(16)24-22(25)28/h3-4,6-9,12,23H,5,10-11H2,1-2H3,(H,24,28). The van der Waals surface area contributed by atoms with Crippen molar-refractivity contribution in [1.82, 2.24) is 14.5 Å². The molecule has 0 aliphatic heterocycles. The summed E-state index contributed by atoms with van der Waals surface area (Å²) >= 11 is 0. The lowest BCUT2D eigenvalue weighted by molar-refractivity contribution is 0.0495. The second-order valence-electron chi connectivity index (χ2n) is 7.06. The third kappa shape index (κ3) is 3.47. The zero-order chi connectivity index (χ0) is 20.5. The number of carbonyl (C=O) groups is 1. The maximum atomic E-state index is 12.5. The molecule has 0 spiro atoms. The molecule has 0 saturated heterocycles. The molecule has 148 valence electrons. The average molecular weight is 391 g/mol. The quantitative estimate of drug-likeness (QED) is 0.404. The van der Waals surface area contributed by atoms with Gasteiger partial charge in [0, 0.05) is 23.1 Å². The van der Waals surface area contributed by atoms with E-state index in [1.54, 1.807) is 30.3 Å². The Bertz CT molecular complexity index is 1340. The van der Waals surface area contributed by atoms with Gasteiger partial charge in [-0.05, 0) is 56.2 Å². The highest BCUT2D eigenvalue weighted by Crippen LogP contribution is 2.22. The van der Waals surface area contributed by atoms with Crippen LogP contribution in [0.2, 0.25) is 0 Å². The van der Waals surface area contributed by atoms with Crippen molar-refractivity contribution < 1.29 is 9.53 Å². The Morgan fingerprint density at radius 1 is 1.00 bits per heavy atom. The SMILES string of the molecule is Cc1[nH]c2ccc(C(=O)OCCCn3c(=O)[nH]c4ccccc4c3=O)cc2c1C. The molecule has 4 rings (SSSR count). The molecular weight excluding hydrogens is 370 g/mol. The maximum absolute atomic E-state index is 12.5. The van der Waals surface area contributed by atoms with Gasteiger partial charge in [-0.1, -0.05) is 12.1 Å². The molecule has 29 heavy (non-hydrogen) atoms. The van der Waals surface area contributed by atoms with Gasteiger partial charge < -0.3 is 14.7 Å². The molecule has 0 aliphatic rings. The minimum atomic E-state index is -0.469. The third-order valence-corrected chi connectivity index (χ3v) is 5.19. The molecule has 0 aliphatic carbocycles. The van der Waals surface area contributed by atoms with Gasteiger partial charge in [-0.15, -0.1) is 0 Å². The summed E-state index contributed by atoms with van der Waals surface area (Å²) in [4.78, 5) is 43.0. The molecule has 4 aromatic rings. The van der Waals surface area contributed by atoms with Gasteiger partial charge >= 0.3 is 11.7 Å². The molecule has 0 unspecified atom stereocenters. The first kappa shape index (κ1) is 18.7. The Balaban J connectivity index is 1.43. The zero-order valence-electron chi connectivity index (χ0n) is 16.2. The van der Waals surface area contributed by atoms with Crippen LogP contribution in [-0.2, 0) is 11.3 Å². The summed E-state index contributed by atoms with van der Waals surface area (Å²) in [5.74, 6) is -0.426. The number of hydrogen-bond donors (Lipinski definition) is 2. The Hall–Kier alpha value is -3.61. The van der Waals surface area contributed by atoms with E-state index in [1.807, 2.05) is 26.0 Å². The number of rotatable bonds is 5. The monoisotopic (exact) mass is 391 g/mol. The minimum absolute atomic E-state index is 0.112. The molecule has 7 heteroatoms. The van der Waals surface area contributed by atoms with E-state index in [9.17, 15) is 14.4 Å². The van der Waals surface area contributed by atoms with E-state index in [2.05, 4.69) is 9.97 Å². The Morgan fingerprint density at radius 2 is 1.76 bits per heavy atom. The largest absolute Gasteiger partial charge is 0.462 e. The molecule has 7 nitrogen and oxygen atoms in total. The summed E-state index contributed by atoms with van der Waals surface area (Å²) in [6, 6.07) is 12.3. The van der Waals surface area contributed by atoms with E-state index in [-0.39, 0.29) is 18.7 Å². The fraction of sp³-hybridized carbons (Fsp3) is 0.227. The van der Waals surface area contributed by atoms with Gasteiger partial charge in [0.15, 0.2) is 0 Å². The van der Waals surface area contributed by atoms with Crippen molar-refractivity contribution in [2.24, 2.45) is 0 Å². The predicted octanol–water partition coefficient (Wildman–Crippen LogP) is 3.04. The van der Waals surface area contributed by atoms with Crippen molar-refractivity contribution in [3.05, 3.63) is 80.1 Å². The Morgan fingerprint density at radius 3 is 2.59 bits per heavy atom. The minimum Gasteiger partial charge on any atom is -0.462 e. The molecule has 0 radical (unpaired) electrons. The van der Waals surface area contributed by atoms with E-state index in [1.165, 1.54) is 0 Å². The highest BCUT2D eigenvalue weighted by Gasteiger charge is 2.12. The number of H-pyrrole nitrogens is 2. The van der Waals surface area contributed by atoms with Crippen LogP contribution in [0, 0.1) is 13.8 Å². The summed E-state index contributed by atoms with van der Waals surface area (Å²) in [6.07, 6.45) is 0.359. The maximum Gasteiger partial charge on any atom is 0.338 e. The number of ether oxygens (including phenoxy) is 1. The number of para-hydroxylation sites is 1. The molecule has 0 fully saturated rings. The third-order valence-electron chi connectivity index (χ3n) is 5.19. The van der Waals surface area contributed by atoms with Crippen molar-refractivity contribution in [2.45, 2.75) is 26.8 Å². The molecule has 0 saturated carbocycles. The summed E-state index contributed by atoms with van der Waals surface area (Å²) < 4.78 is 6.47. The molecule has 2 N–H and O–H groups in total. The fourth-order valence-corrected chi connectivity index (χ4v) is 3.46. The topological polar surface area (TPSA) is 96.9 Å². The molecule has 0 bridgehead atoms. The van der Waals surface area contributed by atoms with Gasteiger partial charge in [0.25, 0.3) is 5.56 Å². The molecular formula is C22H21N3O4. The first-order valence-electron chi connectivity index (χ1n) is 9.43. The molecule has 0 atom stereocenters. The van der Waals surface area contributed by atoms with E-state index in [0.29, 0.717) is 22.9 Å². The number of fused-ring (bicyclic) bond motifs is 2. The number of esters is 1. The first-order chi connectivity index (χ1) is 14.0. The summed E-state index contributed by atoms with van der Waals surface area (Å²) in [5.41, 5.74) is 3.31. The number of aromatic nitrogens is 3. The van der Waals surface area contributed by atoms with Crippen LogP contribution >= 0.6 is 0 Å². The van der Waals surface area contributed by atoms with Crippen LogP contribution in [-0.4, -0.2) is 27.1 Å². The van der Waals surface area contributed by atoms with Crippen LogP contribution < -0.4 is 11.2 Å².